The highest BCUT2D eigenvalue weighted by molar-refractivity contribution is 6.04. The molecule has 1 aliphatic rings. The summed E-state index contributed by atoms with van der Waals surface area (Å²) < 4.78 is 0. The van der Waals surface area contributed by atoms with Crippen LogP contribution in [0.1, 0.15) is 50.0 Å². The van der Waals surface area contributed by atoms with Gasteiger partial charge in [-0.05, 0) is 58.4 Å². The summed E-state index contributed by atoms with van der Waals surface area (Å²) in [6.45, 7) is 8.35. The zero-order chi connectivity index (χ0) is 15.9. The molecule has 0 bridgehead atoms. The van der Waals surface area contributed by atoms with Crippen molar-refractivity contribution in [2.75, 3.05) is 0 Å². The number of ketones is 1. The van der Waals surface area contributed by atoms with E-state index in [1.165, 1.54) is 16.5 Å². The van der Waals surface area contributed by atoms with E-state index in [2.05, 4.69) is 51.1 Å². The van der Waals surface area contributed by atoms with Crippen molar-refractivity contribution in [3.05, 3.63) is 65.3 Å². The van der Waals surface area contributed by atoms with E-state index >= 15 is 0 Å². The van der Waals surface area contributed by atoms with Gasteiger partial charge in [0.25, 0.3) is 0 Å². The summed E-state index contributed by atoms with van der Waals surface area (Å²) >= 11 is 0. The molecule has 1 heteroatoms. The van der Waals surface area contributed by atoms with Crippen molar-refractivity contribution in [1.29, 1.82) is 0 Å². The zero-order valence-corrected chi connectivity index (χ0v) is 13.7. The predicted molar refractivity (Wildman–Crippen MR) is 94.1 cm³/mol. The van der Waals surface area contributed by atoms with Crippen LogP contribution in [0.2, 0.25) is 0 Å². The van der Waals surface area contributed by atoms with Crippen LogP contribution in [0.15, 0.2) is 54.1 Å². The molecule has 0 saturated carbocycles. The molecule has 0 heterocycles. The van der Waals surface area contributed by atoms with Gasteiger partial charge in [0.15, 0.2) is 5.78 Å². The fourth-order valence-electron chi connectivity index (χ4n) is 3.24. The number of fused-ring (bicyclic) bond motifs is 1. The molecule has 0 radical (unpaired) electrons. The molecular formula is C21H22O. The van der Waals surface area contributed by atoms with Gasteiger partial charge < -0.3 is 0 Å². The van der Waals surface area contributed by atoms with Gasteiger partial charge in [-0.1, -0.05) is 57.2 Å². The second-order valence-electron chi connectivity index (χ2n) is 7.05. The molecule has 2 aromatic carbocycles. The monoisotopic (exact) mass is 290 g/mol. The summed E-state index contributed by atoms with van der Waals surface area (Å²) in [5.74, 6) is 0.133. The molecule has 0 aromatic heterocycles. The second kappa shape index (κ2) is 5.24. The first-order valence-corrected chi connectivity index (χ1v) is 7.82. The lowest BCUT2D eigenvalue weighted by atomic mass is 9.81. The summed E-state index contributed by atoms with van der Waals surface area (Å²) in [6.07, 6.45) is 5.33. The van der Waals surface area contributed by atoms with Gasteiger partial charge in [0.2, 0.25) is 0 Å². The molecular weight excluding hydrogens is 268 g/mol. The van der Waals surface area contributed by atoms with Crippen molar-refractivity contribution in [2.24, 2.45) is 5.41 Å². The Hall–Kier alpha value is -2.15. The summed E-state index contributed by atoms with van der Waals surface area (Å²) in [4.78, 5) is 12.2. The van der Waals surface area contributed by atoms with Gasteiger partial charge in [-0.25, -0.2) is 0 Å². The summed E-state index contributed by atoms with van der Waals surface area (Å²) in [6, 6.07) is 12.5. The Balaban J connectivity index is 2.30. The molecule has 2 aromatic rings. The molecule has 0 N–H and O–H groups in total. The Kier molecular flexibility index (Phi) is 3.52. The molecule has 22 heavy (non-hydrogen) atoms. The fourth-order valence-corrected chi connectivity index (χ4v) is 3.24. The van der Waals surface area contributed by atoms with Crippen LogP contribution >= 0.6 is 0 Å². The Morgan fingerprint density at radius 2 is 1.68 bits per heavy atom. The number of benzene rings is 2. The van der Waals surface area contributed by atoms with Gasteiger partial charge in [0.05, 0.1) is 0 Å². The molecule has 3 rings (SSSR count). The van der Waals surface area contributed by atoms with E-state index in [9.17, 15) is 4.79 Å². The van der Waals surface area contributed by atoms with Gasteiger partial charge in [-0.3, -0.25) is 4.79 Å². The van der Waals surface area contributed by atoms with E-state index in [4.69, 9.17) is 0 Å². The van der Waals surface area contributed by atoms with E-state index < -0.39 is 0 Å². The third-order valence-corrected chi connectivity index (χ3v) is 4.33. The summed E-state index contributed by atoms with van der Waals surface area (Å²) in [5.41, 5.74) is 4.65. The summed E-state index contributed by atoms with van der Waals surface area (Å²) in [7, 11) is 0. The lowest BCUT2D eigenvalue weighted by molar-refractivity contribution is 0.101. The van der Waals surface area contributed by atoms with Crippen molar-refractivity contribution in [1.82, 2.24) is 0 Å². The Bertz CT molecular complexity index is 813. The minimum absolute atomic E-state index is 0.0854. The first kappa shape index (κ1) is 14.8. The van der Waals surface area contributed by atoms with Crippen molar-refractivity contribution in [3.8, 4) is 0 Å². The third-order valence-electron chi connectivity index (χ3n) is 4.33. The predicted octanol–water partition coefficient (Wildman–Crippen LogP) is 5.80. The number of hydrogen-bond donors (Lipinski definition) is 0. The maximum Gasteiger partial charge on any atom is 0.160 e. The van der Waals surface area contributed by atoms with Gasteiger partial charge in [0, 0.05) is 5.56 Å². The number of hydrogen-bond acceptors (Lipinski definition) is 1. The minimum Gasteiger partial charge on any atom is -0.294 e. The van der Waals surface area contributed by atoms with E-state index in [-0.39, 0.29) is 11.2 Å². The van der Waals surface area contributed by atoms with Crippen LogP contribution in [0, 0.1) is 5.41 Å². The van der Waals surface area contributed by atoms with Gasteiger partial charge >= 0.3 is 0 Å². The topological polar surface area (TPSA) is 17.1 Å². The molecule has 0 fully saturated rings. The first-order chi connectivity index (χ1) is 10.4. The molecule has 112 valence electrons. The van der Waals surface area contributed by atoms with Crippen LogP contribution in [0.4, 0.5) is 0 Å². The molecule has 0 spiro atoms. The average molecular weight is 290 g/mol. The van der Waals surface area contributed by atoms with Crippen LogP contribution in [0.25, 0.3) is 16.3 Å². The highest BCUT2D eigenvalue weighted by Crippen LogP contribution is 2.41. The molecule has 0 unspecified atom stereocenters. The van der Waals surface area contributed by atoms with E-state index in [0.717, 1.165) is 22.9 Å². The number of rotatable bonds is 2. The molecule has 0 saturated heterocycles. The van der Waals surface area contributed by atoms with Crippen LogP contribution in [-0.2, 0) is 0 Å². The molecule has 1 aliphatic carbocycles. The number of carbonyl (C=O) groups excluding carboxylic acids is 1. The quantitative estimate of drug-likeness (QED) is 0.639. The standard InChI is InChI=1S/C21H22O/c1-14(22)18-12-15-8-5-6-9-16(15)13-19(18)17-10-7-11-20(17)21(2,3)4/h5-9,11-13H,10H2,1-4H3. The first-order valence-electron chi connectivity index (χ1n) is 7.82. The van der Waals surface area contributed by atoms with Crippen LogP contribution in [0.5, 0.6) is 0 Å². The Labute approximate surface area is 132 Å². The maximum atomic E-state index is 12.2. The highest BCUT2D eigenvalue weighted by Gasteiger charge is 2.24. The third kappa shape index (κ3) is 2.52. The van der Waals surface area contributed by atoms with Crippen LogP contribution < -0.4 is 0 Å². The largest absolute Gasteiger partial charge is 0.294 e. The van der Waals surface area contributed by atoms with Crippen molar-refractivity contribution >= 4 is 22.1 Å². The lowest BCUT2D eigenvalue weighted by Gasteiger charge is -2.23. The van der Waals surface area contributed by atoms with Gasteiger partial charge in [-0.2, -0.15) is 0 Å². The Morgan fingerprint density at radius 3 is 2.27 bits per heavy atom. The molecule has 0 aliphatic heterocycles. The molecule has 0 atom stereocenters. The number of Topliss-reactive ketones (excluding diaryl/α,β-unsaturated/α-hetero) is 1. The van der Waals surface area contributed by atoms with Gasteiger partial charge in [-0.15, -0.1) is 0 Å². The minimum atomic E-state index is 0.0854. The molecule has 0 amide bonds. The van der Waals surface area contributed by atoms with E-state index in [1.54, 1.807) is 6.92 Å². The molecule has 1 nitrogen and oxygen atoms in total. The van der Waals surface area contributed by atoms with Crippen molar-refractivity contribution in [3.63, 3.8) is 0 Å². The van der Waals surface area contributed by atoms with Crippen molar-refractivity contribution in [2.45, 2.75) is 34.1 Å². The fraction of sp³-hybridized carbons (Fsp3) is 0.286. The maximum absolute atomic E-state index is 12.2. The van der Waals surface area contributed by atoms with Crippen molar-refractivity contribution < 1.29 is 4.79 Å². The number of allylic oxidation sites excluding steroid dienone is 4. The zero-order valence-electron chi connectivity index (χ0n) is 13.7. The lowest BCUT2D eigenvalue weighted by Crippen LogP contribution is -2.09. The van der Waals surface area contributed by atoms with Crippen LogP contribution in [-0.4, -0.2) is 5.78 Å². The highest BCUT2D eigenvalue weighted by atomic mass is 16.1. The van der Waals surface area contributed by atoms with Crippen LogP contribution in [0.3, 0.4) is 0 Å². The number of carbonyl (C=O) groups is 1. The van der Waals surface area contributed by atoms with E-state index in [1.807, 2.05) is 18.2 Å². The summed E-state index contributed by atoms with van der Waals surface area (Å²) in [5, 5.41) is 2.32. The SMILES string of the molecule is CC(=O)c1cc2ccccc2cc1C1=C(C(C)(C)C)C=CC1. The normalized spacial score (nSPS) is 14.9. The second-order valence-corrected chi connectivity index (χ2v) is 7.05. The Morgan fingerprint density at radius 1 is 1.05 bits per heavy atom. The van der Waals surface area contributed by atoms with E-state index in [0.29, 0.717) is 0 Å². The average Bonchev–Trinajstić information content (AvgIpc) is 2.95. The van der Waals surface area contributed by atoms with Gasteiger partial charge in [0.1, 0.15) is 0 Å². The smallest absolute Gasteiger partial charge is 0.160 e.